The second kappa shape index (κ2) is 10.4. The first kappa shape index (κ1) is 20.6. The second-order valence-corrected chi connectivity index (χ2v) is 7.69. The topological polar surface area (TPSA) is 35.6 Å². The van der Waals surface area contributed by atoms with Crippen molar-refractivity contribution in [3.63, 3.8) is 0 Å². The molecule has 1 saturated heterocycles. The predicted octanol–water partition coefficient (Wildman–Crippen LogP) is 3.42. The number of aryl methyl sites for hydroxylation is 2. The van der Waals surface area contributed by atoms with Gasteiger partial charge in [0, 0.05) is 39.1 Å². The smallest absolute Gasteiger partial charge is 0.220 e. The fourth-order valence-electron chi connectivity index (χ4n) is 3.84. The third kappa shape index (κ3) is 5.91. The van der Waals surface area contributed by atoms with Crippen LogP contribution in [0.4, 0.5) is 0 Å². The highest BCUT2D eigenvalue weighted by Gasteiger charge is 2.24. The van der Waals surface area contributed by atoms with Gasteiger partial charge in [-0.2, -0.15) is 0 Å². The Morgan fingerprint density at radius 1 is 1.00 bits per heavy atom. The van der Waals surface area contributed by atoms with Crippen molar-refractivity contribution in [3.05, 3.63) is 71.3 Å². The van der Waals surface area contributed by atoms with Crippen LogP contribution in [0.25, 0.3) is 0 Å². The zero-order chi connectivity index (χ0) is 19.8. The minimum absolute atomic E-state index is 0.133. The number of carbonyl (C=O) groups excluding carboxylic acids is 1. The van der Waals surface area contributed by atoms with Crippen LogP contribution in [0, 0.1) is 6.92 Å². The van der Waals surface area contributed by atoms with Gasteiger partial charge >= 0.3 is 0 Å². The van der Waals surface area contributed by atoms with Gasteiger partial charge in [0.05, 0.1) is 6.04 Å². The van der Waals surface area contributed by atoms with Gasteiger partial charge in [-0.25, -0.2) is 0 Å². The summed E-state index contributed by atoms with van der Waals surface area (Å²) in [5.74, 6) is 0.133. The molecule has 1 unspecified atom stereocenters. The lowest BCUT2D eigenvalue weighted by molar-refractivity contribution is -0.121. The first-order chi connectivity index (χ1) is 13.7. The number of piperazine rings is 1. The first-order valence-electron chi connectivity index (χ1n) is 10.5. The Morgan fingerprint density at radius 3 is 2.32 bits per heavy atom. The average Bonchev–Trinajstić information content (AvgIpc) is 2.74. The minimum Gasteiger partial charge on any atom is -0.354 e. The quantitative estimate of drug-likeness (QED) is 0.763. The molecule has 2 aromatic rings. The summed E-state index contributed by atoms with van der Waals surface area (Å²) in [6.07, 6.45) is 1.32. The van der Waals surface area contributed by atoms with Crippen LogP contribution in [0.5, 0.6) is 0 Å². The van der Waals surface area contributed by atoms with E-state index < -0.39 is 0 Å². The molecule has 0 radical (unpaired) electrons. The van der Waals surface area contributed by atoms with Crippen molar-refractivity contribution in [2.75, 3.05) is 39.3 Å². The summed E-state index contributed by atoms with van der Waals surface area (Å²) < 4.78 is 0. The summed E-state index contributed by atoms with van der Waals surface area (Å²) in [5.41, 5.74) is 3.75. The maximum atomic E-state index is 12.5. The van der Waals surface area contributed by atoms with E-state index in [1.165, 1.54) is 16.7 Å². The molecule has 1 N–H and O–H groups in total. The molecule has 2 aromatic carbocycles. The van der Waals surface area contributed by atoms with E-state index >= 15 is 0 Å². The van der Waals surface area contributed by atoms with E-state index in [0.29, 0.717) is 13.0 Å². The van der Waals surface area contributed by atoms with Gasteiger partial charge in [-0.1, -0.05) is 67.1 Å². The number of nitrogens with zero attached hydrogens (tertiary/aromatic N) is 2. The molecular weight excluding hydrogens is 346 g/mol. The number of amides is 1. The molecule has 0 saturated carbocycles. The summed E-state index contributed by atoms with van der Waals surface area (Å²) in [7, 11) is 0. The van der Waals surface area contributed by atoms with Crippen molar-refractivity contribution < 1.29 is 4.79 Å². The number of hydrogen-bond donors (Lipinski definition) is 1. The van der Waals surface area contributed by atoms with E-state index in [0.717, 1.165) is 39.1 Å². The molecule has 150 valence electrons. The molecule has 0 spiro atoms. The predicted molar refractivity (Wildman–Crippen MR) is 115 cm³/mol. The third-order valence-corrected chi connectivity index (χ3v) is 5.73. The van der Waals surface area contributed by atoms with Gasteiger partial charge in [0.1, 0.15) is 0 Å². The SMILES string of the molecule is CCN1CCN(C(CNC(=O)CCc2ccc(C)cc2)c2ccccc2)CC1. The van der Waals surface area contributed by atoms with E-state index in [1.807, 2.05) is 0 Å². The summed E-state index contributed by atoms with van der Waals surface area (Å²) in [6.45, 7) is 10.4. The van der Waals surface area contributed by atoms with Crippen LogP contribution in [0.15, 0.2) is 54.6 Å². The van der Waals surface area contributed by atoms with Gasteiger partial charge in [-0.3, -0.25) is 9.69 Å². The van der Waals surface area contributed by atoms with Crippen LogP contribution in [-0.2, 0) is 11.2 Å². The Kier molecular flexibility index (Phi) is 7.63. The number of likely N-dealkylation sites (N-methyl/N-ethyl adjacent to an activating group) is 1. The van der Waals surface area contributed by atoms with E-state index in [9.17, 15) is 4.79 Å². The maximum absolute atomic E-state index is 12.5. The number of rotatable bonds is 8. The molecule has 0 aliphatic carbocycles. The molecule has 3 rings (SSSR count). The third-order valence-electron chi connectivity index (χ3n) is 5.73. The molecular formula is C24H33N3O. The molecule has 1 amide bonds. The molecule has 4 heteroatoms. The van der Waals surface area contributed by atoms with Crippen molar-refractivity contribution >= 4 is 5.91 Å². The molecule has 0 bridgehead atoms. The van der Waals surface area contributed by atoms with Gasteiger partial charge in [-0.15, -0.1) is 0 Å². The Bertz CT molecular complexity index is 721. The van der Waals surface area contributed by atoms with E-state index in [4.69, 9.17) is 0 Å². The van der Waals surface area contributed by atoms with Gasteiger partial charge < -0.3 is 10.2 Å². The maximum Gasteiger partial charge on any atom is 0.220 e. The van der Waals surface area contributed by atoms with Crippen LogP contribution in [-0.4, -0.2) is 55.0 Å². The summed E-state index contributed by atoms with van der Waals surface area (Å²) in [4.78, 5) is 17.5. The van der Waals surface area contributed by atoms with Crippen LogP contribution in [0.3, 0.4) is 0 Å². The fraction of sp³-hybridized carbons (Fsp3) is 0.458. The largest absolute Gasteiger partial charge is 0.354 e. The van der Waals surface area contributed by atoms with Crippen molar-refractivity contribution in [1.29, 1.82) is 0 Å². The molecule has 1 aliphatic rings. The van der Waals surface area contributed by atoms with Gasteiger partial charge in [-0.05, 0) is 31.0 Å². The lowest BCUT2D eigenvalue weighted by atomic mass is 10.0. The lowest BCUT2D eigenvalue weighted by Gasteiger charge is -2.39. The Labute approximate surface area is 169 Å². The van der Waals surface area contributed by atoms with Gasteiger partial charge in [0.25, 0.3) is 0 Å². The first-order valence-corrected chi connectivity index (χ1v) is 10.5. The van der Waals surface area contributed by atoms with Crippen LogP contribution in [0.1, 0.15) is 36.1 Å². The van der Waals surface area contributed by atoms with Crippen molar-refractivity contribution in [2.45, 2.75) is 32.7 Å². The molecule has 1 atom stereocenters. The number of nitrogens with one attached hydrogen (secondary N) is 1. The molecule has 1 aliphatic heterocycles. The minimum atomic E-state index is 0.133. The molecule has 0 aromatic heterocycles. The van der Waals surface area contributed by atoms with E-state index in [-0.39, 0.29) is 11.9 Å². The molecule has 1 fully saturated rings. The highest BCUT2D eigenvalue weighted by atomic mass is 16.1. The Balaban J connectivity index is 1.55. The van der Waals surface area contributed by atoms with Gasteiger partial charge in [0.2, 0.25) is 5.91 Å². The van der Waals surface area contributed by atoms with E-state index in [1.54, 1.807) is 0 Å². The van der Waals surface area contributed by atoms with Crippen LogP contribution in [0.2, 0.25) is 0 Å². The van der Waals surface area contributed by atoms with Crippen LogP contribution >= 0.6 is 0 Å². The molecule has 28 heavy (non-hydrogen) atoms. The summed E-state index contributed by atoms with van der Waals surface area (Å²) >= 11 is 0. The number of carbonyl (C=O) groups is 1. The standard InChI is InChI=1S/C24H33N3O/c1-3-26-15-17-27(18-16-26)23(22-7-5-4-6-8-22)19-25-24(28)14-13-21-11-9-20(2)10-12-21/h4-12,23H,3,13-19H2,1-2H3,(H,25,28). The average molecular weight is 380 g/mol. The zero-order valence-corrected chi connectivity index (χ0v) is 17.2. The highest BCUT2D eigenvalue weighted by molar-refractivity contribution is 5.76. The summed E-state index contributed by atoms with van der Waals surface area (Å²) in [5, 5.41) is 3.19. The normalized spacial score (nSPS) is 16.6. The number of hydrogen-bond acceptors (Lipinski definition) is 3. The van der Waals surface area contributed by atoms with Crippen molar-refractivity contribution in [2.24, 2.45) is 0 Å². The molecule has 1 heterocycles. The number of benzene rings is 2. The van der Waals surface area contributed by atoms with Crippen molar-refractivity contribution in [3.8, 4) is 0 Å². The lowest BCUT2D eigenvalue weighted by Crippen LogP contribution is -2.49. The Hall–Kier alpha value is -2.17. The molecule has 4 nitrogen and oxygen atoms in total. The second-order valence-electron chi connectivity index (χ2n) is 7.69. The highest BCUT2D eigenvalue weighted by Crippen LogP contribution is 2.21. The fourth-order valence-corrected chi connectivity index (χ4v) is 3.84. The van der Waals surface area contributed by atoms with Crippen LogP contribution < -0.4 is 5.32 Å². The monoisotopic (exact) mass is 379 g/mol. The van der Waals surface area contributed by atoms with Gasteiger partial charge in [0.15, 0.2) is 0 Å². The van der Waals surface area contributed by atoms with E-state index in [2.05, 4.69) is 83.6 Å². The zero-order valence-electron chi connectivity index (χ0n) is 17.2. The van der Waals surface area contributed by atoms with Crippen molar-refractivity contribution in [1.82, 2.24) is 15.1 Å². The Morgan fingerprint density at radius 2 is 1.68 bits per heavy atom. The summed E-state index contributed by atoms with van der Waals surface area (Å²) in [6, 6.07) is 19.3.